The molecule has 2 saturated heterocycles. The fraction of sp³-hybridized carbons (Fsp3) is 0.943. The Morgan fingerprint density at radius 3 is 1.44 bits per heavy atom. The van der Waals surface area contributed by atoms with Gasteiger partial charge in [-0.2, -0.15) is 0 Å². The summed E-state index contributed by atoms with van der Waals surface area (Å²) >= 11 is 0. The predicted octanol–water partition coefficient (Wildman–Crippen LogP) is 13.7. The minimum atomic E-state index is -0.0676. The molecule has 2 fully saturated rings. The lowest BCUT2D eigenvalue weighted by Crippen LogP contribution is -2.60. The Labute approximate surface area is 377 Å². The normalized spacial score (nSPS) is 22.9. The van der Waals surface area contributed by atoms with Gasteiger partial charge in [-0.15, -0.1) is 0 Å². The van der Waals surface area contributed by atoms with E-state index in [4.69, 9.17) is 14.2 Å². The second kappa shape index (κ2) is 32.9. The molecule has 2 aliphatic heterocycles. The Hall–Kier alpha value is -1.67. The molecule has 0 saturated carbocycles. The molecular weight excluding hydrogens is 761 g/mol. The van der Waals surface area contributed by atoms with Crippen LogP contribution in [-0.2, 0) is 28.6 Å². The van der Waals surface area contributed by atoms with Crippen LogP contribution >= 0.6 is 0 Å². The van der Waals surface area contributed by atoms with Crippen molar-refractivity contribution in [3.63, 3.8) is 0 Å². The maximum absolute atomic E-state index is 13.6. The number of rotatable bonds is 39. The number of esters is 3. The lowest BCUT2D eigenvalue weighted by Gasteiger charge is -2.60. The van der Waals surface area contributed by atoms with Gasteiger partial charge in [0.25, 0.3) is 0 Å². The van der Waals surface area contributed by atoms with E-state index in [-0.39, 0.29) is 40.1 Å². The number of unbranched alkanes of at least 4 members (excludes halogenated alkanes) is 14. The standard InChI is InChI=1S/C53H100N2O6/c1-8-13-16-19-21-23-26-33-48(56)59-39-28-35-51(6)42-53(37-30-41-61-50(58)47(31-24-18-15-10-3)32-25-22-20-17-14-9-2)43-52(7,45-55(44-51)46-53)36-29-40-60-49(57)34-27-38-54(11-4)12-5/h47H,8-46H2,1-7H3. The minimum absolute atomic E-state index is 0.0359. The van der Waals surface area contributed by atoms with Crippen molar-refractivity contribution in [1.82, 2.24) is 9.80 Å². The zero-order chi connectivity index (χ0) is 44.7. The van der Waals surface area contributed by atoms with Gasteiger partial charge in [0.15, 0.2) is 0 Å². The van der Waals surface area contributed by atoms with E-state index in [0.29, 0.717) is 32.7 Å². The number of carbonyl (C=O) groups is 3. The van der Waals surface area contributed by atoms with E-state index in [9.17, 15) is 14.4 Å². The molecule has 2 aliphatic rings. The van der Waals surface area contributed by atoms with Crippen LogP contribution < -0.4 is 0 Å². The molecule has 61 heavy (non-hydrogen) atoms. The number of nitrogens with zero attached hydrogens (tertiary/aromatic N) is 2. The number of hydrogen-bond donors (Lipinski definition) is 0. The van der Waals surface area contributed by atoms with Gasteiger partial charge < -0.3 is 24.0 Å². The van der Waals surface area contributed by atoms with Gasteiger partial charge >= 0.3 is 17.9 Å². The summed E-state index contributed by atoms with van der Waals surface area (Å²) in [5.74, 6) is -0.0312. The molecule has 0 aliphatic carbocycles. The van der Waals surface area contributed by atoms with Crippen molar-refractivity contribution >= 4 is 17.9 Å². The smallest absolute Gasteiger partial charge is 0.308 e. The van der Waals surface area contributed by atoms with Gasteiger partial charge in [0.05, 0.1) is 25.7 Å². The molecule has 0 N–H and O–H groups in total. The third kappa shape index (κ3) is 24.8. The van der Waals surface area contributed by atoms with E-state index in [1.165, 1.54) is 83.5 Å². The summed E-state index contributed by atoms with van der Waals surface area (Å²) in [6.07, 6.45) is 32.6. The van der Waals surface area contributed by atoms with Crippen molar-refractivity contribution in [2.24, 2.45) is 22.2 Å². The molecule has 2 heterocycles. The van der Waals surface area contributed by atoms with Crippen LogP contribution in [0.15, 0.2) is 0 Å². The van der Waals surface area contributed by atoms with Gasteiger partial charge in [-0.1, -0.05) is 151 Å². The van der Waals surface area contributed by atoms with E-state index in [0.717, 1.165) is 136 Å². The molecule has 0 spiro atoms. The summed E-state index contributed by atoms with van der Waals surface area (Å²) in [6.45, 7) is 23.7. The lowest BCUT2D eigenvalue weighted by molar-refractivity contribution is -0.150. The average Bonchev–Trinajstić information content (AvgIpc) is 3.22. The zero-order valence-corrected chi connectivity index (χ0v) is 41.5. The second-order valence-corrected chi connectivity index (χ2v) is 20.6. The molecule has 2 rings (SSSR count). The quantitative estimate of drug-likeness (QED) is 0.0343. The van der Waals surface area contributed by atoms with E-state index in [1.807, 2.05) is 0 Å². The number of carbonyl (C=O) groups excluding carboxylic acids is 3. The highest BCUT2D eigenvalue weighted by Crippen LogP contribution is 2.55. The van der Waals surface area contributed by atoms with Gasteiger partial charge in [0.1, 0.15) is 0 Å². The highest BCUT2D eigenvalue weighted by Gasteiger charge is 2.52. The summed E-state index contributed by atoms with van der Waals surface area (Å²) in [6, 6.07) is 0. The van der Waals surface area contributed by atoms with Crippen molar-refractivity contribution in [2.75, 3.05) is 59.1 Å². The average molecular weight is 861 g/mol. The number of ether oxygens (including phenoxy) is 3. The molecule has 0 radical (unpaired) electrons. The first kappa shape index (κ1) is 55.5. The van der Waals surface area contributed by atoms with Crippen molar-refractivity contribution < 1.29 is 28.6 Å². The molecule has 0 aromatic heterocycles. The number of fused-ring (bicyclic) bond motifs is 2. The predicted molar refractivity (Wildman–Crippen MR) is 255 cm³/mol. The van der Waals surface area contributed by atoms with E-state index >= 15 is 0 Å². The molecule has 0 aromatic carbocycles. The third-order valence-electron chi connectivity index (χ3n) is 14.2. The molecule has 5 unspecified atom stereocenters. The molecule has 0 aromatic rings. The van der Waals surface area contributed by atoms with Crippen LogP contribution in [0.3, 0.4) is 0 Å². The summed E-state index contributed by atoms with van der Waals surface area (Å²) in [7, 11) is 0. The first-order valence-corrected chi connectivity index (χ1v) is 26.4. The maximum Gasteiger partial charge on any atom is 0.308 e. The Morgan fingerprint density at radius 2 is 0.934 bits per heavy atom. The van der Waals surface area contributed by atoms with Gasteiger partial charge in [0.2, 0.25) is 0 Å². The van der Waals surface area contributed by atoms with Gasteiger partial charge in [-0.3, -0.25) is 14.4 Å². The van der Waals surface area contributed by atoms with E-state index in [2.05, 4.69) is 58.3 Å². The largest absolute Gasteiger partial charge is 0.466 e. The lowest BCUT2D eigenvalue weighted by atomic mass is 9.56. The zero-order valence-electron chi connectivity index (χ0n) is 41.5. The van der Waals surface area contributed by atoms with Crippen LogP contribution in [0.25, 0.3) is 0 Å². The fourth-order valence-corrected chi connectivity index (χ4v) is 11.2. The number of hydrogen-bond acceptors (Lipinski definition) is 8. The van der Waals surface area contributed by atoms with Crippen LogP contribution in [0.5, 0.6) is 0 Å². The van der Waals surface area contributed by atoms with Gasteiger partial charge in [0, 0.05) is 32.5 Å². The Balaban J connectivity index is 1.99. The summed E-state index contributed by atoms with van der Waals surface area (Å²) in [4.78, 5) is 43.7. The molecule has 5 atom stereocenters. The summed E-state index contributed by atoms with van der Waals surface area (Å²) < 4.78 is 17.6. The third-order valence-corrected chi connectivity index (χ3v) is 14.2. The summed E-state index contributed by atoms with van der Waals surface area (Å²) in [5.41, 5.74) is 0.416. The van der Waals surface area contributed by atoms with Crippen LogP contribution in [0, 0.1) is 22.2 Å². The molecule has 8 heteroatoms. The summed E-state index contributed by atoms with van der Waals surface area (Å²) in [5, 5.41) is 0. The van der Waals surface area contributed by atoms with Crippen LogP contribution in [-0.4, -0.2) is 86.8 Å². The Bertz CT molecular complexity index is 1150. The highest BCUT2D eigenvalue weighted by atomic mass is 16.5. The van der Waals surface area contributed by atoms with Crippen molar-refractivity contribution in [2.45, 2.75) is 241 Å². The van der Waals surface area contributed by atoms with E-state index in [1.54, 1.807) is 0 Å². The van der Waals surface area contributed by atoms with Crippen molar-refractivity contribution in [3.8, 4) is 0 Å². The van der Waals surface area contributed by atoms with Crippen LogP contribution in [0.2, 0.25) is 0 Å². The first-order valence-electron chi connectivity index (χ1n) is 26.4. The number of piperidine rings is 2. The van der Waals surface area contributed by atoms with Gasteiger partial charge in [-0.25, -0.2) is 0 Å². The topological polar surface area (TPSA) is 85.4 Å². The second-order valence-electron chi connectivity index (χ2n) is 20.6. The van der Waals surface area contributed by atoms with Crippen LogP contribution in [0.1, 0.15) is 241 Å². The van der Waals surface area contributed by atoms with Gasteiger partial charge in [-0.05, 0) is 113 Å². The monoisotopic (exact) mass is 861 g/mol. The SMILES string of the molecule is CCCCCCCCCC(=O)OCCCC1(C)CN2CC(C)(CCCOC(=O)CCCN(CC)CC)CC(CCCOC(=O)C(CCCCCC)CCCCCCCC)(C2)C1. The first-order chi connectivity index (χ1) is 29.4. The highest BCUT2D eigenvalue weighted by molar-refractivity contribution is 5.72. The van der Waals surface area contributed by atoms with Crippen molar-refractivity contribution in [3.05, 3.63) is 0 Å². The molecule has 0 amide bonds. The molecule has 8 nitrogen and oxygen atoms in total. The molecular formula is C53H100N2O6. The van der Waals surface area contributed by atoms with Crippen molar-refractivity contribution in [1.29, 1.82) is 0 Å². The van der Waals surface area contributed by atoms with E-state index < -0.39 is 0 Å². The minimum Gasteiger partial charge on any atom is -0.466 e. The molecule has 2 bridgehead atoms. The maximum atomic E-state index is 13.6. The Kier molecular flexibility index (Phi) is 29.9. The van der Waals surface area contributed by atoms with Crippen LogP contribution in [0.4, 0.5) is 0 Å². The fourth-order valence-electron chi connectivity index (χ4n) is 11.2. The molecule has 358 valence electrons. The Morgan fingerprint density at radius 1 is 0.508 bits per heavy atom.